The molecule has 7 heteroatoms. The van der Waals surface area contributed by atoms with Gasteiger partial charge in [0.2, 0.25) is 0 Å². The average Bonchev–Trinajstić information content (AvgIpc) is 3.11. The lowest BCUT2D eigenvalue weighted by Gasteiger charge is -2.04. The highest BCUT2D eigenvalue weighted by Crippen LogP contribution is 2.14. The van der Waals surface area contributed by atoms with Crippen LogP contribution in [0.5, 0.6) is 0 Å². The van der Waals surface area contributed by atoms with Gasteiger partial charge in [-0.25, -0.2) is 0 Å². The summed E-state index contributed by atoms with van der Waals surface area (Å²) in [6.45, 7) is 1.44. The van der Waals surface area contributed by atoms with E-state index in [-0.39, 0.29) is 17.5 Å². The van der Waals surface area contributed by atoms with Crippen LogP contribution >= 0.6 is 0 Å². The molecule has 0 aliphatic rings. The van der Waals surface area contributed by atoms with E-state index in [1.54, 1.807) is 54.6 Å². The summed E-state index contributed by atoms with van der Waals surface area (Å²) < 4.78 is 5.12. The van der Waals surface area contributed by atoms with Crippen LogP contribution in [0.4, 0.5) is 11.7 Å². The summed E-state index contributed by atoms with van der Waals surface area (Å²) in [5.74, 6) is -1.02. The third-order valence-corrected chi connectivity index (χ3v) is 3.52. The number of nitrogens with one attached hydrogen (secondary N) is 2. The summed E-state index contributed by atoms with van der Waals surface area (Å²) in [5.41, 5.74) is 1.39. The number of aromatic nitrogens is 1. The second kappa shape index (κ2) is 7.43. The number of carbonyl (C=O) groups is 3. The lowest BCUT2D eigenvalue weighted by atomic mass is 10.1. The Kier molecular flexibility index (Phi) is 4.89. The highest BCUT2D eigenvalue weighted by Gasteiger charge is 2.15. The van der Waals surface area contributed by atoms with E-state index < -0.39 is 11.8 Å². The molecular formula is C19H15N3O4. The number of Topliss-reactive ketones (excluding diaryl/α,β-unsaturated/α-hetero) is 1. The Morgan fingerprint density at radius 1 is 0.885 bits per heavy atom. The van der Waals surface area contributed by atoms with Gasteiger partial charge < -0.3 is 9.73 Å². The lowest BCUT2D eigenvalue weighted by molar-refractivity contribution is 0.100. The molecule has 2 amide bonds. The van der Waals surface area contributed by atoms with Gasteiger partial charge >= 0.3 is 6.01 Å². The zero-order valence-corrected chi connectivity index (χ0v) is 13.9. The Bertz CT molecular complexity index is 964. The van der Waals surface area contributed by atoms with E-state index in [0.717, 1.165) is 6.26 Å². The molecule has 0 fully saturated rings. The molecule has 0 aliphatic carbocycles. The van der Waals surface area contributed by atoms with Crippen LogP contribution in [0.25, 0.3) is 0 Å². The summed E-state index contributed by atoms with van der Waals surface area (Å²) in [6.07, 6.45) is 1.14. The van der Waals surface area contributed by atoms with Crippen molar-refractivity contribution in [3.8, 4) is 0 Å². The van der Waals surface area contributed by atoms with Crippen molar-refractivity contribution in [2.24, 2.45) is 0 Å². The van der Waals surface area contributed by atoms with E-state index in [9.17, 15) is 14.4 Å². The first-order valence-corrected chi connectivity index (χ1v) is 7.77. The Labute approximate surface area is 149 Å². The maximum atomic E-state index is 12.2. The molecule has 0 unspecified atom stereocenters. The van der Waals surface area contributed by atoms with E-state index in [0.29, 0.717) is 16.8 Å². The van der Waals surface area contributed by atoms with E-state index in [1.165, 1.54) is 6.92 Å². The number of carbonyl (C=O) groups excluding carboxylic acids is 3. The zero-order chi connectivity index (χ0) is 18.5. The highest BCUT2D eigenvalue weighted by molar-refractivity contribution is 6.05. The van der Waals surface area contributed by atoms with Crippen molar-refractivity contribution < 1.29 is 18.8 Å². The normalized spacial score (nSPS) is 10.2. The van der Waals surface area contributed by atoms with Crippen LogP contribution in [0.1, 0.15) is 38.1 Å². The van der Waals surface area contributed by atoms with Gasteiger partial charge in [-0.2, -0.15) is 4.98 Å². The van der Waals surface area contributed by atoms with E-state index in [2.05, 4.69) is 15.6 Å². The predicted octanol–water partition coefficient (Wildman–Crippen LogP) is 3.38. The fraction of sp³-hybridized carbons (Fsp3) is 0.0526. The maximum Gasteiger partial charge on any atom is 0.302 e. The number of hydrogen-bond donors (Lipinski definition) is 2. The molecule has 0 atom stereocenters. The molecule has 0 radical (unpaired) electrons. The first-order valence-electron chi connectivity index (χ1n) is 7.77. The second-order valence-corrected chi connectivity index (χ2v) is 5.45. The molecular weight excluding hydrogens is 334 g/mol. The first-order chi connectivity index (χ1) is 12.5. The maximum absolute atomic E-state index is 12.2. The van der Waals surface area contributed by atoms with E-state index in [4.69, 9.17) is 4.42 Å². The zero-order valence-electron chi connectivity index (χ0n) is 13.9. The molecule has 0 aliphatic heterocycles. The summed E-state index contributed by atoms with van der Waals surface area (Å²) in [6, 6.07) is 15.0. The van der Waals surface area contributed by atoms with Crippen LogP contribution < -0.4 is 10.6 Å². The molecule has 130 valence electrons. The Morgan fingerprint density at radius 2 is 1.62 bits per heavy atom. The van der Waals surface area contributed by atoms with Gasteiger partial charge in [0.25, 0.3) is 11.8 Å². The van der Waals surface area contributed by atoms with Crippen molar-refractivity contribution in [1.82, 2.24) is 4.98 Å². The number of ketones is 1. The number of amides is 2. The Balaban J connectivity index is 1.67. The molecule has 1 aromatic heterocycles. The van der Waals surface area contributed by atoms with Gasteiger partial charge in [-0.1, -0.05) is 30.3 Å². The molecule has 2 aromatic carbocycles. The molecule has 0 saturated carbocycles. The lowest BCUT2D eigenvalue weighted by Crippen LogP contribution is -2.14. The first kappa shape index (κ1) is 17.1. The van der Waals surface area contributed by atoms with Crippen molar-refractivity contribution >= 4 is 29.3 Å². The Hall–Kier alpha value is -3.74. The summed E-state index contributed by atoms with van der Waals surface area (Å²) in [7, 11) is 0. The van der Waals surface area contributed by atoms with Crippen LogP contribution in [0, 0.1) is 0 Å². The Morgan fingerprint density at radius 3 is 2.35 bits per heavy atom. The van der Waals surface area contributed by atoms with E-state index in [1.807, 2.05) is 0 Å². The number of anilines is 2. The topological polar surface area (TPSA) is 101 Å². The van der Waals surface area contributed by atoms with Gasteiger partial charge in [0.15, 0.2) is 11.5 Å². The third-order valence-electron chi connectivity index (χ3n) is 3.52. The highest BCUT2D eigenvalue weighted by atomic mass is 16.4. The number of oxazole rings is 1. The van der Waals surface area contributed by atoms with Gasteiger partial charge in [0, 0.05) is 16.8 Å². The van der Waals surface area contributed by atoms with Gasteiger partial charge in [-0.05, 0) is 31.2 Å². The minimum atomic E-state index is -0.519. The largest absolute Gasteiger partial charge is 0.431 e. The molecule has 0 saturated heterocycles. The summed E-state index contributed by atoms with van der Waals surface area (Å²) in [4.78, 5) is 39.6. The van der Waals surface area contributed by atoms with Gasteiger partial charge in [-0.3, -0.25) is 19.7 Å². The SMILES string of the molecule is CC(=O)c1cccc(NC(=O)c2coc(NC(=O)c3ccccc3)n2)c1. The predicted molar refractivity (Wildman–Crippen MR) is 95.3 cm³/mol. The van der Waals surface area contributed by atoms with Crippen molar-refractivity contribution in [2.75, 3.05) is 10.6 Å². The summed E-state index contributed by atoms with van der Waals surface area (Å²) >= 11 is 0. The fourth-order valence-corrected chi connectivity index (χ4v) is 2.21. The average molecular weight is 349 g/mol. The van der Waals surface area contributed by atoms with Crippen molar-refractivity contribution in [1.29, 1.82) is 0 Å². The number of hydrogen-bond acceptors (Lipinski definition) is 5. The minimum Gasteiger partial charge on any atom is -0.431 e. The van der Waals surface area contributed by atoms with Crippen LogP contribution in [-0.2, 0) is 0 Å². The van der Waals surface area contributed by atoms with Crippen LogP contribution in [-0.4, -0.2) is 22.6 Å². The molecule has 3 rings (SSSR count). The van der Waals surface area contributed by atoms with Crippen LogP contribution in [0.3, 0.4) is 0 Å². The molecule has 3 aromatic rings. The number of nitrogens with zero attached hydrogens (tertiary/aromatic N) is 1. The smallest absolute Gasteiger partial charge is 0.302 e. The third kappa shape index (κ3) is 4.02. The number of benzene rings is 2. The van der Waals surface area contributed by atoms with Crippen molar-refractivity contribution in [3.05, 3.63) is 77.7 Å². The molecule has 1 heterocycles. The van der Waals surface area contributed by atoms with Gasteiger partial charge in [-0.15, -0.1) is 0 Å². The minimum absolute atomic E-state index is 0.00147. The summed E-state index contributed by atoms with van der Waals surface area (Å²) in [5, 5.41) is 5.11. The standard InChI is InChI=1S/C19H15N3O4/c1-12(23)14-8-5-9-15(10-14)20-18(25)16-11-26-19(21-16)22-17(24)13-6-3-2-4-7-13/h2-11H,1H3,(H,20,25)(H,21,22,24). The fourth-order valence-electron chi connectivity index (χ4n) is 2.21. The van der Waals surface area contributed by atoms with Gasteiger partial charge in [0.1, 0.15) is 6.26 Å². The molecule has 0 spiro atoms. The van der Waals surface area contributed by atoms with E-state index >= 15 is 0 Å². The molecule has 26 heavy (non-hydrogen) atoms. The van der Waals surface area contributed by atoms with Crippen LogP contribution in [0.15, 0.2) is 65.3 Å². The van der Waals surface area contributed by atoms with Crippen molar-refractivity contribution in [2.45, 2.75) is 6.92 Å². The van der Waals surface area contributed by atoms with Crippen LogP contribution in [0.2, 0.25) is 0 Å². The molecule has 7 nitrogen and oxygen atoms in total. The molecule has 0 bridgehead atoms. The van der Waals surface area contributed by atoms with Crippen molar-refractivity contribution in [3.63, 3.8) is 0 Å². The monoisotopic (exact) mass is 349 g/mol. The quantitative estimate of drug-likeness (QED) is 0.688. The molecule has 2 N–H and O–H groups in total. The number of rotatable bonds is 5. The van der Waals surface area contributed by atoms with Gasteiger partial charge in [0.05, 0.1) is 0 Å². The second-order valence-electron chi connectivity index (χ2n) is 5.45.